The fourth-order valence-corrected chi connectivity index (χ4v) is 4.48. The number of anilines is 1. The van der Waals surface area contributed by atoms with Crippen molar-refractivity contribution in [2.24, 2.45) is 0 Å². The number of aliphatic carboxylic acids is 1. The van der Waals surface area contributed by atoms with Crippen LogP contribution in [0.3, 0.4) is 0 Å². The molecule has 2 aliphatic heterocycles. The van der Waals surface area contributed by atoms with Gasteiger partial charge in [-0.15, -0.1) is 0 Å². The molecule has 2 N–H and O–H groups in total. The average molecular weight is 340 g/mol. The average Bonchev–Trinajstić information content (AvgIpc) is 2.54. The van der Waals surface area contributed by atoms with Gasteiger partial charge in [0, 0.05) is 6.54 Å². The van der Waals surface area contributed by atoms with E-state index in [0.29, 0.717) is 25.0 Å². The summed E-state index contributed by atoms with van der Waals surface area (Å²) in [4.78, 5) is 22.6. The van der Waals surface area contributed by atoms with E-state index in [1.54, 1.807) is 0 Å². The molecule has 1 atom stereocenters. The fourth-order valence-electron chi connectivity index (χ4n) is 2.80. The highest BCUT2D eigenvalue weighted by atomic mass is 32.2. The van der Waals surface area contributed by atoms with Crippen molar-refractivity contribution < 1.29 is 27.9 Å². The van der Waals surface area contributed by atoms with Gasteiger partial charge in [0.25, 0.3) is 5.91 Å². The van der Waals surface area contributed by atoms with Crippen LogP contribution in [0.15, 0.2) is 23.1 Å². The zero-order chi connectivity index (χ0) is 16.6. The van der Waals surface area contributed by atoms with Crippen LogP contribution in [0.4, 0.5) is 5.69 Å². The van der Waals surface area contributed by atoms with E-state index in [2.05, 4.69) is 5.32 Å². The summed E-state index contributed by atoms with van der Waals surface area (Å²) in [6, 6.07) is 3.06. The van der Waals surface area contributed by atoms with Crippen LogP contribution in [0.2, 0.25) is 0 Å². The predicted octanol–water partition coefficient (Wildman–Crippen LogP) is 0.645. The van der Waals surface area contributed by atoms with Gasteiger partial charge in [0.2, 0.25) is 10.0 Å². The quantitative estimate of drug-likeness (QED) is 0.835. The number of carbonyl (C=O) groups excluding carboxylic acids is 1. The number of benzene rings is 1. The number of ether oxygens (including phenoxy) is 1. The molecule has 124 valence electrons. The molecule has 0 aromatic heterocycles. The van der Waals surface area contributed by atoms with Crippen molar-refractivity contribution in [1.29, 1.82) is 0 Å². The van der Waals surface area contributed by atoms with Gasteiger partial charge in [-0.05, 0) is 37.5 Å². The number of piperidine rings is 1. The number of nitrogens with one attached hydrogen (secondary N) is 1. The highest BCUT2D eigenvalue weighted by molar-refractivity contribution is 7.89. The van der Waals surface area contributed by atoms with Crippen LogP contribution < -0.4 is 10.1 Å². The van der Waals surface area contributed by atoms with E-state index in [9.17, 15) is 23.1 Å². The summed E-state index contributed by atoms with van der Waals surface area (Å²) < 4.78 is 31.8. The van der Waals surface area contributed by atoms with Crippen LogP contribution in [-0.4, -0.2) is 48.9 Å². The fraction of sp³-hybridized carbons (Fsp3) is 0.429. The molecule has 1 saturated heterocycles. The third kappa shape index (κ3) is 2.89. The number of carboxylic acid groups (broad SMARTS) is 1. The number of hydrogen-bond donors (Lipinski definition) is 2. The van der Waals surface area contributed by atoms with Crippen molar-refractivity contribution in [3.05, 3.63) is 18.2 Å². The maximum atomic E-state index is 12.8. The second kappa shape index (κ2) is 5.82. The van der Waals surface area contributed by atoms with Crippen LogP contribution in [-0.2, 0) is 19.6 Å². The number of amides is 1. The van der Waals surface area contributed by atoms with E-state index in [0.717, 1.165) is 4.31 Å². The Morgan fingerprint density at radius 3 is 2.87 bits per heavy atom. The maximum Gasteiger partial charge on any atom is 0.322 e. The Morgan fingerprint density at radius 1 is 1.35 bits per heavy atom. The summed E-state index contributed by atoms with van der Waals surface area (Å²) in [5.41, 5.74) is 0.270. The molecule has 2 heterocycles. The minimum Gasteiger partial charge on any atom is -0.482 e. The summed E-state index contributed by atoms with van der Waals surface area (Å²) in [6.45, 7) is 0.0472. The van der Waals surface area contributed by atoms with Crippen molar-refractivity contribution in [2.75, 3.05) is 18.5 Å². The van der Waals surface area contributed by atoms with Crippen LogP contribution >= 0.6 is 0 Å². The molecule has 9 heteroatoms. The van der Waals surface area contributed by atoms with Gasteiger partial charge in [0.1, 0.15) is 11.8 Å². The smallest absolute Gasteiger partial charge is 0.322 e. The molecule has 1 amide bonds. The Hall–Kier alpha value is -2.13. The van der Waals surface area contributed by atoms with Crippen molar-refractivity contribution in [3.8, 4) is 5.75 Å². The molecule has 2 aliphatic rings. The molecule has 1 fully saturated rings. The number of carboxylic acids is 1. The van der Waals surface area contributed by atoms with Gasteiger partial charge in [-0.1, -0.05) is 0 Å². The zero-order valence-electron chi connectivity index (χ0n) is 12.2. The second-order valence-electron chi connectivity index (χ2n) is 5.46. The molecular weight excluding hydrogens is 324 g/mol. The summed E-state index contributed by atoms with van der Waals surface area (Å²) in [7, 11) is -3.96. The summed E-state index contributed by atoms with van der Waals surface area (Å²) in [5, 5.41) is 11.8. The van der Waals surface area contributed by atoms with Crippen molar-refractivity contribution in [3.63, 3.8) is 0 Å². The minimum atomic E-state index is -3.96. The Kier molecular flexibility index (Phi) is 3.99. The van der Waals surface area contributed by atoms with Crippen LogP contribution in [0.1, 0.15) is 19.3 Å². The lowest BCUT2D eigenvalue weighted by Crippen LogP contribution is -2.47. The summed E-state index contributed by atoms with van der Waals surface area (Å²) in [6.07, 6.45) is 1.59. The molecule has 0 bridgehead atoms. The van der Waals surface area contributed by atoms with E-state index >= 15 is 0 Å². The largest absolute Gasteiger partial charge is 0.482 e. The van der Waals surface area contributed by atoms with Gasteiger partial charge in [0.05, 0.1) is 10.6 Å². The molecule has 3 rings (SSSR count). The standard InChI is InChI=1S/C14H16N2O6S/c17-13-8-22-12-5-4-9(7-10(12)15-13)23(20,21)16-6-2-1-3-11(16)14(18)19/h4-5,7,11H,1-3,6,8H2,(H,15,17)(H,18,19)/t11-/m0/s1. The minimum absolute atomic E-state index is 0.0600. The lowest BCUT2D eigenvalue weighted by atomic mass is 10.1. The lowest BCUT2D eigenvalue weighted by Gasteiger charge is -2.32. The third-order valence-corrected chi connectivity index (χ3v) is 5.83. The number of hydrogen-bond acceptors (Lipinski definition) is 5. The first kappa shape index (κ1) is 15.8. The van der Waals surface area contributed by atoms with Crippen LogP contribution in [0.25, 0.3) is 0 Å². The van der Waals surface area contributed by atoms with Gasteiger partial charge in [0.15, 0.2) is 6.61 Å². The SMILES string of the molecule is O=C1COc2ccc(S(=O)(=O)N3CCCC[C@H]3C(=O)O)cc2N1. The van der Waals surface area contributed by atoms with E-state index in [1.807, 2.05) is 0 Å². The monoisotopic (exact) mass is 340 g/mol. The first-order valence-electron chi connectivity index (χ1n) is 7.21. The molecule has 1 aromatic rings. The van der Waals surface area contributed by atoms with Crippen LogP contribution in [0, 0.1) is 0 Å². The third-order valence-electron chi connectivity index (χ3n) is 3.93. The zero-order valence-corrected chi connectivity index (χ0v) is 13.0. The number of rotatable bonds is 3. The first-order valence-corrected chi connectivity index (χ1v) is 8.65. The number of carbonyl (C=O) groups is 2. The van der Waals surface area contributed by atoms with E-state index in [4.69, 9.17) is 4.74 Å². The Labute approximate surface area is 133 Å². The van der Waals surface area contributed by atoms with Crippen molar-refractivity contribution in [1.82, 2.24) is 4.31 Å². The van der Waals surface area contributed by atoms with Crippen molar-refractivity contribution >= 4 is 27.6 Å². The van der Waals surface area contributed by atoms with Gasteiger partial charge in [-0.2, -0.15) is 4.31 Å². The summed E-state index contributed by atoms with van der Waals surface area (Å²) >= 11 is 0. The molecule has 0 radical (unpaired) electrons. The van der Waals surface area contributed by atoms with Crippen molar-refractivity contribution in [2.45, 2.75) is 30.2 Å². The van der Waals surface area contributed by atoms with Gasteiger partial charge >= 0.3 is 5.97 Å². The highest BCUT2D eigenvalue weighted by Gasteiger charge is 2.38. The number of nitrogens with zero attached hydrogens (tertiary/aromatic N) is 1. The Balaban J connectivity index is 1.97. The molecule has 8 nitrogen and oxygen atoms in total. The molecule has 0 spiro atoms. The molecule has 1 aromatic carbocycles. The Morgan fingerprint density at radius 2 is 2.13 bits per heavy atom. The van der Waals surface area contributed by atoms with Gasteiger partial charge < -0.3 is 15.2 Å². The molecular formula is C14H16N2O6S. The van der Waals surface area contributed by atoms with E-state index < -0.39 is 22.0 Å². The maximum absolute atomic E-state index is 12.8. The number of fused-ring (bicyclic) bond motifs is 1. The molecule has 0 unspecified atom stereocenters. The predicted molar refractivity (Wildman–Crippen MR) is 79.7 cm³/mol. The summed E-state index contributed by atoms with van der Waals surface area (Å²) in [5.74, 6) is -1.13. The molecule has 0 saturated carbocycles. The van der Waals surface area contributed by atoms with Gasteiger partial charge in [-0.3, -0.25) is 9.59 Å². The molecule has 0 aliphatic carbocycles. The normalized spacial score (nSPS) is 21.9. The van der Waals surface area contributed by atoms with E-state index in [1.165, 1.54) is 18.2 Å². The Bertz CT molecular complexity index is 761. The lowest BCUT2D eigenvalue weighted by molar-refractivity contribution is -0.142. The van der Waals surface area contributed by atoms with E-state index in [-0.39, 0.29) is 29.6 Å². The first-order chi connectivity index (χ1) is 10.9. The molecule has 23 heavy (non-hydrogen) atoms. The number of sulfonamides is 1. The highest BCUT2D eigenvalue weighted by Crippen LogP contribution is 2.33. The topological polar surface area (TPSA) is 113 Å². The second-order valence-corrected chi connectivity index (χ2v) is 7.35. The van der Waals surface area contributed by atoms with Gasteiger partial charge in [-0.25, -0.2) is 8.42 Å². The van der Waals surface area contributed by atoms with Crippen LogP contribution in [0.5, 0.6) is 5.75 Å².